The van der Waals surface area contributed by atoms with Gasteiger partial charge in [0.05, 0.1) is 0 Å². The van der Waals surface area contributed by atoms with Gasteiger partial charge in [0.1, 0.15) is 0 Å². The van der Waals surface area contributed by atoms with Gasteiger partial charge in [-0.05, 0) is 0 Å². The molecule has 0 aromatic carbocycles. The van der Waals surface area contributed by atoms with Gasteiger partial charge in [-0.15, -0.1) is 10.2 Å². The molecular formula is C5H7F3N2. The van der Waals surface area contributed by atoms with E-state index in [1.54, 1.807) is 0 Å². The third kappa shape index (κ3) is 0.803. The number of halogens is 3. The van der Waals surface area contributed by atoms with E-state index in [1.165, 1.54) is 13.8 Å². The summed E-state index contributed by atoms with van der Waals surface area (Å²) in [5.41, 5.74) is -2.06. The van der Waals surface area contributed by atoms with Gasteiger partial charge in [0.25, 0.3) is 5.66 Å². The van der Waals surface area contributed by atoms with Crippen molar-refractivity contribution in [3.63, 3.8) is 0 Å². The Hall–Kier alpha value is -0.610. The van der Waals surface area contributed by atoms with E-state index in [9.17, 15) is 13.2 Å². The van der Waals surface area contributed by atoms with Gasteiger partial charge in [-0.1, -0.05) is 13.8 Å². The van der Waals surface area contributed by atoms with Crippen LogP contribution in [0.1, 0.15) is 13.8 Å². The maximum atomic E-state index is 12.0. The number of hydrogen-bond donors (Lipinski definition) is 0. The lowest BCUT2D eigenvalue weighted by Gasteiger charge is -2.17. The highest BCUT2D eigenvalue weighted by atomic mass is 19.4. The van der Waals surface area contributed by atoms with Crippen molar-refractivity contribution in [3.8, 4) is 0 Å². The van der Waals surface area contributed by atoms with Crippen molar-refractivity contribution < 1.29 is 13.2 Å². The van der Waals surface area contributed by atoms with Crippen molar-refractivity contribution >= 4 is 0 Å². The number of nitrogens with zero attached hydrogens (tertiary/aromatic N) is 2. The second-order valence-electron chi connectivity index (χ2n) is 2.58. The van der Waals surface area contributed by atoms with E-state index >= 15 is 0 Å². The van der Waals surface area contributed by atoms with Crippen LogP contribution in [0.4, 0.5) is 13.2 Å². The zero-order valence-corrected chi connectivity index (χ0v) is 5.61. The Labute approximate surface area is 56.1 Å². The quantitative estimate of drug-likeness (QED) is 0.551. The summed E-state index contributed by atoms with van der Waals surface area (Å²) in [5, 5.41) is 6.01. The van der Waals surface area contributed by atoms with Gasteiger partial charge >= 0.3 is 6.18 Å². The SMILES string of the molecule is CC(C)C1(C(F)(F)F)N=N1. The minimum absolute atomic E-state index is 0.590. The van der Waals surface area contributed by atoms with Crippen molar-refractivity contribution in [2.75, 3.05) is 0 Å². The lowest BCUT2D eigenvalue weighted by Crippen LogP contribution is -2.37. The molecule has 0 aromatic heterocycles. The van der Waals surface area contributed by atoms with Crippen LogP contribution in [0.15, 0.2) is 10.2 Å². The summed E-state index contributed by atoms with van der Waals surface area (Å²) in [4.78, 5) is 0. The van der Waals surface area contributed by atoms with Gasteiger partial charge in [0.2, 0.25) is 0 Å². The fourth-order valence-electron chi connectivity index (χ4n) is 0.726. The third-order valence-electron chi connectivity index (χ3n) is 1.54. The molecule has 1 aliphatic rings. The molecule has 58 valence electrons. The average molecular weight is 152 g/mol. The highest BCUT2D eigenvalue weighted by Crippen LogP contribution is 2.49. The Balaban J connectivity index is 2.71. The van der Waals surface area contributed by atoms with Crippen LogP contribution in [-0.4, -0.2) is 11.8 Å². The molecule has 0 spiro atoms. The van der Waals surface area contributed by atoms with Gasteiger partial charge in [-0.2, -0.15) is 13.2 Å². The second-order valence-corrected chi connectivity index (χ2v) is 2.58. The van der Waals surface area contributed by atoms with E-state index in [2.05, 4.69) is 10.2 Å². The highest BCUT2D eigenvalue weighted by Gasteiger charge is 2.65. The van der Waals surface area contributed by atoms with E-state index in [0.29, 0.717) is 0 Å². The molecule has 0 N–H and O–H groups in total. The molecule has 0 fully saturated rings. The smallest absolute Gasteiger partial charge is 0.166 e. The van der Waals surface area contributed by atoms with Gasteiger partial charge in [0.15, 0.2) is 0 Å². The van der Waals surface area contributed by atoms with Crippen molar-refractivity contribution in [2.24, 2.45) is 16.1 Å². The summed E-state index contributed by atoms with van der Waals surface area (Å²) < 4.78 is 35.9. The molecule has 10 heavy (non-hydrogen) atoms. The summed E-state index contributed by atoms with van der Waals surface area (Å²) in [6.07, 6.45) is -4.30. The number of hydrogen-bond acceptors (Lipinski definition) is 2. The van der Waals surface area contributed by atoms with Crippen molar-refractivity contribution in [1.82, 2.24) is 0 Å². The van der Waals surface area contributed by atoms with E-state index in [0.717, 1.165) is 0 Å². The molecule has 0 aliphatic carbocycles. The lowest BCUT2D eigenvalue weighted by atomic mass is 10.0. The van der Waals surface area contributed by atoms with Crippen LogP contribution < -0.4 is 0 Å². The van der Waals surface area contributed by atoms with Crippen LogP contribution in [0.2, 0.25) is 0 Å². The molecule has 1 heterocycles. The van der Waals surface area contributed by atoms with Gasteiger partial charge < -0.3 is 0 Å². The molecule has 0 amide bonds. The Morgan fingerprint density at radius 3 is 1.60 bits per heavy atom. The largest absolute Gasteiger partial charge is 0.437 e. The minimum atomic E-state index is -4.30. The zero-order valence-electron chi connectivity index (χ0n) is 5.61. The number of rotatable bonds is 1. The van der Waals surface area contributed by atoms with Gasteiger partial charge in [0, 0.05) is 5.92 Å². The predicted molar refractivity (Wildman–Crippen MR) is 28.5 cm³/mol. The van der Waals surface area contributed by atoms with Crippen LogP contribution in [0.25, 0.3) is 0 Å². The molecule has 0 unspecified atom stereocenters. The molecule has 0 radical (unpaired) electrons. The average Bonchev–Trinajstić information content (AvgIpc) is 2.36. The first-order chi connectivity index (χ1) is 4.40. The molecule has 1 rings (SSSR count). The van der Waals surface area contributed by atoms with Gasteiger partial charge in [-0.3, -0.25) is 0 Å². The Morgan fingerprint density at radius 1 is 1.20 bits per heavy atom. The normalized spacial score (nSPS) is 21.8. The predicted octanol–water partition coefficient (Wildman–Crippen LogP) is 2.37. The summed E-state index contributed by atoms with van der Waals surface area (Å²) in [6, 6.07) is 0. The fraction of sp³-hybridized carbons (Fsp3) is 1.00. The third-order valence-corrected chi connectivity index (χ3v) is 1.54. The van der Waals surface area contributed by atoms with Crippen molar-refractivity contribution in [2.45, 2.75) is 25.7 Å². The first-order valence-electron chi connectivity index (χ1n) is 2.91. The monoisotopic (exact) mass is 152 g/mol. The molecule has 5 heteroatoms. The molecule has 0 bridgehead atoms. The number of alkyl halides is 3. The van der Waals surface area contributed by atoms with E-state index in [-0.39, 0.29) is 0 Å². The summed E-state index contributed by atoms with van der Waals surface area (Å²) in [6.45, 7) is 2.90. The molecule has 2 nitrogen and oxygen atoms in total. The maximum absolute atomic E-state index is 12.0. The first-order valence-corrected chi connectivity index (χ1v) is 2.91. The Bertz CT molecular complexity index is 164. The molecular weight excluding hydrogens is 145 g/mol. The van der Waals surface area contributed by atoms with Crippen molar-refractivity contribution in [3.05, 3.63) is 0 Å². The van der Waals surface area contributed by atoms with Gasteiger partial charge in [-0.25, -0.2) is 0 Å². The standard InChI is InChI=1S/C5H7F3N2/c1-3(2)4(9-10-4)5(6,7)8/h3H,1-2H3. The topological polar surface area (TPSA) is 24.7 Å². The minimum Gasteiger partial charge on any atom is -0.166 e. The maximum Gasteiger partial charge on any atom is 0.437 e. The van der Waals surface area contributed by atoms with E-state index < -0.39 is 17.8 Å². The van der Waals surface area contributed by atoms with Crippen LogP contribution in [0, 0.1) is 5.92 Å². The summed E-state index contributed by atoms with van der Waals surface area (Å²) in [5.74, 6) is -0.590. The van der Waals surface area contributed by atoms with Crippen LogP contribution in [-0.2, 0) is 0 Å². The summed E-state index contributed by atoms with van der Waals surface area (Å²) in [7, 11) is 0. The molecule has 1 aliphatic heterocycles. The molecule has 0 saturated carbocycles. The lowest BCUT2D eigenvalue weighted by molar-refractivity contribution is -0.173. The molecule has 0 atom stereocenters. The first kappa shape index (κ1) is 7.50. The summed E-state index contributed by atoms with van der Waals surface area (Å²) >= 11 is 0. The van der Waals surface area contributed by atoms with E-state index in [1.807, 2.05) is 0 Å². The molecule has 0 saturated heterocycles. The van der Waals surface area contributed by atoms with Crippen LogP contribution in [0.5, 0.6) is 0 Å². The van der Waals surface area contributed by atoms with Crippen molar-refractivity contribution in [1.29, 1.82) is 0 Å². The molecule has 0 aromatic rings. The second kappa shape index (κ2) is 1.71. The highest BCUT2D eigenvalue weighted by molar-refractivity contribution is 5.02. The van der Waals surface area contributed by atoms with Crippen LogP contribution in [0.3, 0.4) is 0 Å². The van der Waals surface area contributed by atoms with Crippen LogP contribution >= 0.6 is 0 Å². The zero-order chi connectivity index (χ0) is 7.99. The Morgan fingerprint density at radius 2 is 1.60 bits per heavy atom. The Kier molecular flexibility index (Phi) is 1.28. The fourth-order valence-corrected chi connectivity index (χ4v) is 0.726. The van der Waals surface area contributed by atoms with E-state index in [4.69, 9.17) is 0 Å².